The number of carbonyl (C=O) groups is 1. The summed E-state index contributed by atoms with van der Waals surface area (Å²) in [6.45, 7) is 10.2. The summed E-state index contributed by atoms with van der Waals surface area (Å²) < 4.78 is 13.9. The van der Waals surface area contributed by atoms with Crippen LogP contribution in [0.5, 0.6) is 0 Å². The second-order valence-electron chi connectivity index (χ2n) is 5.74. The molecule has 0 aliphatic carbocycles. The summed E-state index contributed by atoms with van der Waals surface area (Å²) in [6, 6.07) is 4.96. The Labute approximate surface area is 109 Å². The van der Waals surface area contributed by atoms with Crippen LogP contribution in [0.2, 0.25) is 0 Å². The van der Waals surface area contributed by atoms with Gasteiger partial charge in [0.2, 0.25) is 0 Å². The molecule has 1 aromatic carbocycles. The summed E-state index contributed by atoms with van der Waals surface area (Å²) in [4.78, 5) is 12.0. The minimum Gasteiger partial charge on any atom is -0.294 e. The average molecular weight is 250 g/mol. The van der Waals surface area contributed by atoms with Gasteiger partial charge in [0.15, 0.2) is 5.78 Å². The number of Topliss-reactive ketones (excluding diaryl/α,β-unsaturated/α-hetero) is 1. The van der Waals surface area contributed by atoms with Gasteiger partial charge in [0.1, 0.15) is 5.82 Å². The first kappa shape index (κ1) is 14.9. The molecule has 0 amide bonds. The largest absolute Gasteiger partial charge is 0.294 e. The highest BCUT2D eigenvalue weighted by Crippen LogP contribution is 2.22. The Bertz CT molecular complexity index is 421. The van der Waals surface area contributed by atoms with Gasteiger partial charge in [-0.1, -0.05) is 40.7 Å². The zero-order chi connectivity index (χ0) is 13.9. The first-order chi connectivity index (χ1) is 8.32. The van der Waals surface area contributed by atoms with Crippen molar-refractivity contribution in [2.45, 2.75) is 47.0 Å². The van der Waals surface area contributed by atoms with Gasteiger partial charge in [-0.25, -0.2) is 4.39 Å². The molecule has 1 nitrogen and oxygen atoms in total. The van der Waals surface area contributed by atoms with Crippen molar-refractivity contribution in [3.05, 3.63) is 35.1 Å². The standard InChI is InChI=1S/C16H23FO/c1-10(2)12(5)8-16(18)14-7-6-13(11(3)4)9-15(14)17/h6-7,9-12H,8H2,1-5H3. The smallest absolute Gasteiger partial charge is 0.166 e. The lowest BCUT2D eigenvalue weighted by molar-refractivity contribution is 0.0949. The van der Waals surface area contributed by atoms with Crippen LogP contribution >= 0.6 is 0 Å². The molecule has 1 atom stereocenters. The molecule has 0 aromatic heterocycles. The quantitative estimate of drug-likeness (QED) is 0.685. The van der Waals surface area contributed by atoms with Crippen molar-refractivity contribution in [3.63, 3.8) is 0 Å². The topological polar surface area (TPSA) is 17.1 Å². The summed E-state index contributed by atoms with van der Waals surface area (Å²) in [5, 5.41) is 0. The summed E-state index contributed by atoms with van der Waals surface area (Å²) in [5.41, 5.74) is 1.16. The van der Waals surface area contributed by atoms with E-state index in [0.29, 0.717) is 12.3 Å². The lowest BCUT2D eigenvalue weighted by Crippen LogP contribution is -2.12. The number of benzene rings is 1. The fraction of sp³-hybridized carbons (Fsp3) is 0.562. The molecule has 1 unspecified atom stereocenters. The molecule has 0 N–H and O–H groups in total. The number of rotatable bonds is 5. The normalized spacial score (nSPS) is 13.1. The predicted molar refractivity (Wildman–Crippen MR) is 73.4 cm³/mol. The highest BCUT2D eigenvalue weighted by molar-refractivity contribution is 5.96. The van der Waals surface area contributed by atoms with Gasteiger partial charge in [-0.05, 0) is 35.4 Å². The highest BCUT2D eigenvalue weighted by atomic mass is 19.1. The van der Waals surface area contributed by atoms with Crippen LogP contribution < -0.4 is 0 Å². The van der Waals surface area contributed by atoms with Crippen molar-refractivity contribution in [1.29, 1.82) is 0 Å². The first-order valence-electron chi connectivity index (χ1n) is 6.65. The molecular formula is C16H23FO. The minimum atomic E-state index is -0.387. The van der Waals surface area contributed by atoms with Crippen LogP contribution in [0, 0.1) is 17.7 Å². The summed E-state index contributed by atoms with van der Waals surface area (Å²) in [5.74, 6) is 0.512. The van der Waals surface area contributed by atoms with Crippen LogP contribution in [0.3, 0.4) is 0 Å². The Morgan fingerprint density at radius 3 is 2.22 bits per heavy atom. The van der Waals surface area contributed by atoms with Gasteiger partial charge in [0.25, 0.3) is 0 Å². The molecule has 0 aliphatic rings. The Kier molecular flexibility index (Phi) is 5.06. The monoisotopic (exact) mass is 250 g/mol. The summed E-state index contributed by atoms with van der Waals surface area (Å²) in [6.07, 6.45) is 0.412. The van der Waals surface area contributed by atoms with E-state index >= 15 is 0 Å². The first-order valence-corrected chi connectivity index (χ1v) is 6.65. The molecule has 0 aliphatic heterocycles. The van der Waals surface area contributed by atoms with E-state index in [0.717, 1.165) is 5.56 Å². The van der Waals surface area contributed by atoms with Gasteiger partial charge in [-0.3, -0.25) is 4.79 Å². The summed E-state index contributed by atoms with van der Waals surface area (Å²) in [7, 11) is 0. The van der Waals surface area contributed by atoms with E-state index < -0.39 is 0 Å². The maximum absolute atomic E-state index is 13.9. The maximum atomic E-state index is 13.9. The van der Waals surface area contributed by atoms with E-state index in [4.69, 9.17) is 0 Å². The number of hydrogen-bond donors (Lipinski definition) is 0. The third kappa shape index (κ3) is 3.66. The van der Waals surface area contributed by atoms with Gasteiger partial charge in [0.05, 0.1) is 5.56 Å². The van der Waals surface area contributed by atoms with Crippen molar-refractivity contribution in [3.8, 4) is 0 Å². The fourth-order valence-corrected chi connectivity index (χ4v) is 1.75. The lowest BCUT2D eigenvalue weighted by Gasteiger charge is -2.15. The van der Waals surface area contributed by atoms with Crippen LogP contribution in [0.4, 0.5) is 4.39 Å². The Balaban J connectivity index is 2.87. The van der Waals surface area contributed by atoms with Gasteiger partial charge in [0, 0.05) is 6.42 Å². The molecule has 0 saturated carbocycles. The molecule has 0 heterocycles. The highest BCUT2D eigenvalue weighted by Gasteiger charge is 2.17. The zero-order valence-corrected chi connectivity index (χ0v) is 12.0. The molecule has 0 spiro atoms. The SMILES string of the molecule is CC(C)c1ccc(C(=O)CC(C)C(C)C)c(F)c1. The number of halogens is 1. The molecule has 1 rings (SSSR count). The number of hydrogen-bond acceptors (Lipinski definition) is 1. The van der Waals surface area contributed by atoms with Crippen LogP contribution in [-0.2, 0) is 0 Å². The van der Waals surface area contributed by atoms with Gasteiger partial charge >= 0.3 is 0 Å². The average Bonchev–Trinajstić information content (AvgIpc) is 2.28. The van der Waals surface area contributed by atoms with Crippen LogP contribution in [0.15, 0.2) is 18.2 Å². The molecule has 1 aromatic rings. The van der Waals surface area contributed by atoms with E-state index in [1.807, 2.05) is 26.8 Å². The summed E-state index contributed by atoms with van der Waals surface area (Å²) >= 11 is 0. The lowest BCUT2D eigenvalue weighted by atomic mass is 9.90. The molecular weight excluding hydrogens is 227 g/mol. The Morgan fingerprint density at radius 1 is 1.17 bits per heavy atom. The van der Waals surface area contributed by atoms with E-state index in [1.54, 1.807) is 6.07 Å². The van der Waals surface area contributed by atoms with Crippen molar-refractivity contribution >= 4 is 5.78 Å². The third-order valence-electron chi connectivity index (χ3n) is 3.61. The molecule has 0 radical (unpaired) electrons. The molecule has 2 heteroatoms. The molecule has 0 bridgehead atoms. The fourth-order valence-electron chi connectivity index (χ4n) is 1.75. The van der Waals surface area contributed by atoms with Crippen molar-refractivity contribution in [2.75, 3.05) is 0 Å². The molecule has 0 saturated heterocycles. The van der Waals surface area contributed by atoms with Gasteiger partial charge < -0.3 is 0 Å². The van der Waals surface area contributed by atoms with Crippen LogP contribution in [0.25, 0.3) is 0 Å². The van der Waals surface area contributed by atoms with E-state index in [2.05, 4.69) is 13.8 Å². The minimum absolute atomic E-state index is 0.0935. The van der Waals surface area contributed by atoms with Crippen molar-refractivity contribution in [1.82, 2.24) is 0 Å². The van der Waals surface area contributed by atoms with Crippen LogP contribution in [-0.4, -0.2) is 5.78 Å². The van der Waals surface area contributed by atoms with E-state index in [-0.39, 0.29) is 29.0 Å². The zero-order valence-electron chi connectivity index (χ0n) is 12.0. The van der Waals surface area contributed by atoms with Crippen LogP contribution in [0.1, 0.15) is 62.9 Å². The second kappa shape index (κ2) is 6.12. The molecule has 18 heavy (non-hydrogen) atoms. The molecule has 100 valence electrons. The Morgan fingerprint density at radius 2 is 1.78 bits per heavy atom. The molecule has 0 fully saturated rings. The van der Waals surface area contributed by atoms with Gasteiger partial charge in [-0.15, -0.1) is 0 Å². The van der Waals surface area contributed by atoms with E-state index in [1.165, 1.54) is 6.07 Å². The predicted octanol–water partition coefficient (Wildman–Crippen LogP) is 4.81. The van der Waals surface area contributed by atoms with E-state index in [9.17, 15) is 9.18 Å². The van der Waals surface area contributed by atoms with Gasteiger partial charge in [-0.2, -0.15) is 0 Å². The number of ketones is 1. The Hall–Kier alpha value is -1.18. The maximum Gasteiger partial charge on any atom is 0.166 e. The van der Waals surface area contributed by atoms with Crippen molar-refractivity contribution in [2.24, 2.45) is 11.8 Å². The second-order valence-corrected chi connectivity index (χ2v) is 5.74. The number of carbonyl (C=O) groups excluding carboxylic acids is 1. The van der Waals surface area contributed by atoms with Crippen molar-refractivity contribution < 1.29 is 9.18 Å². The third-order valence-corrected chi connectivity index (χ3v) is 3.61.